The van der Waals surface area contributed by atoms with Crippen LogP contribution in [0.2, 0.25) is 0 Å². The molecule has 15 heavy (non-hydrogen) atoms. The van der Waals surface area contributed by atoms with E-state index in [1.165, 1.54) is 0 Å². The van der Waals surface area contributed by atoms with E-state index in [0.717, 1.165) is 11.1 Å². The number of hydrogen-bond acceptors (Lipinski definition) is 3. The number of hydrogen-bond donors (Lipinski definition) is 1. The lowest BCUT2D eigenvalue weighted by atomic mass is 10.1. The maximum absolute atomic E-state index is 11.7. The highest BCUT2D eigenvalue weighted by Crippen LogP contribution is 2.04. The summed E-state index contributed by atoms with van der Waals surface area (Å²) in [6.07, 6.45) is 0. The summed E-state index contributed by atoms with van der Waals surface area (Å²) in [7, 11) is 1.82. The molecule has 1 aromatic carbocycles. The minimum atomic E-state index is 0.0810. The highest BCUT2D eigenvalue weighted by molar-refractivity contribution is 5.97. The van der Waals surface area contributed by atoms with E-state index in [9.17, 15) is 4.79 Å². The Morgan fingerprint density at radius 3 is 2.47 bits per heavy atom. The number of aliphatic hydroxyl groups is 1. The fourth-order valence-electron chi connectivity index (χ4n) is 1.33. The van der Waals surface area contributed by atoms with Gasteiger partial charge in [-0.3, -0.25) is 9.69 Å². The van der Waals surface area contributed by atoms with Gasteiger partial charge in [-0.05, 0) is 14.0 Å². The molecule has 0 saturated heterocycles. The molecule has 0 bridgehead atoms. The van der Waals surface area contributed by atoms with E-state index in [1.54, 1.807) is 0 Å². The summed E-state index contributed by atoms with van der Waals surface area (Å²) in [4.78, 5) is 13.5. The molecule has 1 N–H and O–H groups in total. The van der Waals surface area contributed by atoms with Crippen molar-refractivity contribution >= 4 is 5.78 Å². The number of benzene rings is 1. The third-order valence-electron chi connectivity index (χ3n) is 2.27. The van der Waals surface area contributed by atoms with Crippen LogP contribution in [-0.4, -0.2) is 42.5 Å². The van der Waals surface area contributed by atoms with Gasteiger partial charge in [-0.1, -0.05) is 29.8 Å². The van der Waals surface area contributed by atoms with Crippen molar-refractivity contribution in [2.24, 2.45) is 0 Å². The molecule has 0 aliphatic carbocycles. The van der Waals surface area contributed by atoms with Gasteiger partial charge in [0.15, 0.2) is 5.78 Å². The number of nitrogens with zero attached hydrogens (tertiary/aromatic N) is 1. The van der Waals surface area contributed by atoms with Crippen LogP contribution >= 0.6 is 0 Å². The highest BCUT2D eigenvalue weighted by Gasteiger charge is 2.08. The van der Waals surface area contributed by atoms with E-state index < -0.39 is 0 Å². The Morgan fingerprint density at radius 2 is 1.93 bits per heavy atom. The Bertz CT molecular complexity index is 319. The molecule has 0 saturated carbocycles. The molecule has 1 aromatic rings. The zero-order valence-electron chi connectivity index (χ0n) is 9.23. The van der Waals surface area contributed by atoms with Gasteiger partial charge in [-0.25, -0.2) is 0 Å². The average Bonchev–Trinajstić information content (AvgIpc) is 2.18. The smallest absolute Gasteiger partial charge is 0.176 e. The maximum Gasteiger partial charge on any atom is 0.176 e. The van der Waals surface area contributed by atoms with Gasteiger partial charge in [0.25, 0.3) is 0 Å². The molecule has 0 fully saturated rings. The third-order valence-corrected chi connectivity index (χ3v) is 2.27. The van der Waals surface area contributed by atoms with E-state index in [1.807, 2.05) is 43.1 Å². The van der Waals surface area contributed by atoms with Gasteiger partial charge in [0.1, 0.15) is 0 Å². The normalized spacial score (nSPS) is 10.7. The summed E-state index contributed by atoms with van der Waals surface area (Å²) in [5, 5.41) is 8.70. The molecule has 0 aromatic heterocycles. The standard InChI is InChI=1S/C12H17NO2/c1-10-3-5-11(6-4-10)12(15)9-13(2)7-8-14/h3-6,14H,7-9H2,1-2H3. The van der Waals surface area contributed by atoms with E-state index in [4.69, 9.17) is 5.11 Å². The molecule has 3 heteroatoms. The second-order valence-electron chi connectivity index (χ2n) is 3.75. The summed E-state index contributed by atoms with van der Waals surface area (Å²) < 4.78 is 0. The van der Waals surface area contributed by atoms with Crippen LogP contribution in [0.5, 0.6) is 0 Å². The number of ketones is 1. The maximum atomic E-state index is 11.7. The first-order chi connectivity index (χ1) is 7.13. The summed E-state index contributed by atoms with van der Waals surface area (Å²) in [5.74, 6) is 0.0888. The fraction of sp³-hybridized carbons (Fsp3) is 0.417. The Balaban J connectivity index is 2.57. The van der Waals surface area contributed by atoms with Gasteiger partial charge in [0, 0.05) is 12.1 Å². The monoisotopic (exact) mass is 207 g/mol. The Labute approximate surface area is 90.3 Å². The molecule has 0 spiro atoms. The predicted octanol–water partition coefficient (Wildman–Crippen LogP) is 1.10. The van der Waals surface area contributed by atoms with Gasteiger partial charge in [0.2, 0.25) is 0 Å². The Hall–Kier alpha value is -1.19. The van der Waals surface area contributed by atoms with Crippen LogP contribution in [0.1, 0.15) is 15.9 Å². The zero-order valence-corrected chi connectivity index (χ0v) is 9.23. The summed E-state index contributed by atoms with van der Waals surface area (Å²) >= 11 is 0. The minimum absolute atomic E-state index is 0.0810. The van der Waals surface area contributed by atoms with Gasteiger partial charge < -0.3 is 5.11 Å². The molecule has 0 amide bonds. The fourth-order valence-corrected chi connectivity index (χ4v) is 1.33. The van der Waals surface area contributed by atoms with Crippen molar-refractivity contribution in [2.45, 2.75) is 6.92 Å². The molecule has 0 heterocycles. The van der Waals surface area contributed by atoms with Crippen LogP contribution in [-0.2, 0) is 0 Å². The van der Waals surface area contributed by atoms with Crippen molar-refractivity contribution in [3.8, 4) is 0 Å². The number of rotatable bonds is 5. The summed E-state index contributed by atoms with van der Waals surface area (Å²) in [6, 6.07) is 7.54. The van der Waals surface area contributed by atoms with E-state index in [2.05, 4.69) is 0 Å². The first kappa shape index (κ1) is 11.9. The lowest BCUT2D eigenvalue weighted by Crippen LogP contribution is -2.28. The van der Waals surface area contributed by atoms with Crippen LogP contribution in [0.15, 0.2) is 24.3 Å². The SMILES string of the molecule is Cc1ccc(C(=O)CN(C)CCO)cc1. The largest absolute Gasteiger partial charge is 0.395 e. The molecule has 0 aliphatic heterocycles. The van der Waals surface area contributed by atoms with Crippen molar-refractivity contribution in [2.75, 3.05) is 26.7 Å². The molecule has 0 atom stereocenters. The molecule has 1 rings (SSSR count). The quantitative estimate of drug-likeness (QED) is 0.735. The second kappa shape index (κ2) is 5.63. The van der Waals surface area contributed by atoms with E-state index in [-0.39, 0.29) is 12.4 Å². The zero-order chi connectivity index (χ0) is 11.3. The van der Waals surface area contributed by atoms with Crippen molar-refractivity contribution in [3.05, 3.63) is 35.4 Å². The summed E-state index contributed by atoms with van der Waals surface area (Å²) in [6.45, 7) is 2.95. The number of likely N-dealkylation sites (N-methyl/N-ethyl adjacent to an activating group) is 1. The van der Waals surface area contributed by atoms with Crippen LogP contribution in [0.3, 0.4) is 0 Å². The molecular formula is C12H17NO2. The number of carbonyl (C=O) groups is 1. The van der Waals surface area contributed by atoms with Crippen molar-refractivity contribution < 1.29 is 9.90 Å². The molecule has 0 radical (unpaired) electrons. The topological polar surface area (TPSA) is 40.5 Å². The van der Waals surface area contributed by atoms with Crippen molar-refractivity contribution in [1.82, 2.24) is 4.90 Å². The first-order valence-corrected chi connectivity index (χ1v) is 5.02. The Morgan fingerprint density at radius 1 is 1.33 bits per heavy atom. The van der Waals surface area contributed by atoms with E-state index >= 15 is 0 Å². The molecule has 3 nitrogen and oxygen atoms in total. The number of aryl methyl sites for hydroxylation is 1. The highest BCUT2D eigenvalue weighted by atomic mass is 16.3. The van der Waals surface area contributed by atoms with Crippen LogP contribution in [0.4, 0.5) is 0 Å². The number of carbonyl (C=O) groups excluding carboxylic acids is 1. The van der Waals surface area contributed by atoms with Gasteiger partial charge in [0.05, 0.1) is 13.2 Å². The van der Waals surface area contributed by atoms with E-state index in [0.29, 0.717) is 13.1 Å². The second-order valence-corrected chi connectivity index (χ2v) is 3.75. The first-order valence-electron chi connectivity index (χ1n) is 5.02. The van der Waals surface area contributed by atoms with Gasteiger partial charge >= 0.3 is 0 Å². The average molecular weight is 207 g/mol. The molecular weight excluding hydrogens is 190 g/mol. The third kappa shape index (κ3) is 3.81. The van der Waals surface area contributed by atoms with Gasteiger partial charge in [-0.15, -0.1) is 0 Å². The Kier molecular flexibility index (Phi) is 4.46. The number of aliphatic hydroxyl groups excluding tert-OH is 1. The lowest BCUT2D eigenvalue weighted by molar-refractivity contribution is 0.0936. The lowest BCUT2D eigenvalue weighted by Gasteiger charge is -2.13. The molecule has 82 valence electrons. The van der Waals surface area contributed by atoms with Crippen LogP contribution in [0.25, 0.3) is 0 Å². The summed E-state index contributed by atoms with van der Waals surface area (Å²) in [5.41, 5.74) is 1.88. The van der Waals surface area contributed by atoms with Crippen molar-refractivity contribution in [1.29, 1.82) is 0 Å². The van der Waals surface area contributed by atoms with Crippen LogP contribution in [0, 0.1) is 6.92 Å². The number of Topliss-reactive ketones (excluding diaryl/α,β-unsaturated/α-hetero) is 1. The van der Waals surface area contributed by atoms with Gasteiger partial charge in [-0.2, -0.15) is 0 Å². The predicted molar refractivity (Wildman–Crippen MR) is 60.1 cm³/mol. The minimum Gasteiger partial charge on any atom is -0.395 e. The van der Waals surface area contributed by atoms with Crippen LogP contribution < -0.4 is 0 Å². The molecule has 0 aliphatic rings. The molecule has 0 unspecified atom stereocenters. The van der Waals surface area contributed by atoms with Crippen molar-refractivity contribution in [3.63, 3.8) is 0 Å².